The van der Waals surface area contributed by atoms with Gasteiger partial charge in [-0.3, -0.25) is 4.79 Å². The van der Waals surface area contributed by atoms with Crippen molar-refractivity contribution < 1.29 is 9.53 Å². The van der Waals surface area contributed by atoms with Gasteiger partial charge in [0.05, 0.1) is 6.61 Å². The van der Waals surface area contributed by atoms with Crippen LogP contribution in [0.4, 0.5) is 0 Å². The van der Waals surface area contributed by atoms with E-state index in [9.17, 15) is 4.79 Å². The predicted octanol–water partition coefficient (Wildman–Crippen LogP) is 3.63. The van der Waals surface area contributed by atoms with Crippen LogP contribution in [0.5, 0.6) is 0 Å². The molecule has 0 unspecified atom stereocenters. The monoisotopic (exact) mass is 280 g/mol. The maximum atomic E-state index is 12.2. The van der Waals surface area contributed by atoms with Crippen LogP contribution >= 0.6 is 15.9 Å². The van der Waals surface area contributed by atoms with Crippen LogP contribution in [0.2, 0.25) is 0 Å². The fourth-order valence-electron chi connectivity index (χ4n) is 1.69. The molecule has 0 radical (unpaired) electrons. The zero-order valence-electron chi connectivity index (χ0n) is 9.13. The highest BCUT2D eigenvalue weighted by Gasteiger charge is 2.17. The molecule has 0 atom stereocenters. The molecular weight excluding hydrogens is 268 g/mol. The van der Waals surface area contributed by atoms with Crippen LogP contribution in [0, 0.1) is 6.92 Å². The second kappa shape index (κ2) is 4.83. The molecule has 16 heavy (non-hydrogen) atoms. The SMILES string of the molecule is Cc1ccc(Br)cc1C(=O)C1=CCCCO1. The van der Waals surface area contributed by atoms with E-state index in [-0.39, 0.29) is 5.78 Å². The average molecular weight is 281 g/mol. The lowest BCUT2D eigenvalue weighted by Gasteiger charge is -2.14. The van der Waals surface area contributed by atoms with Gasteiger partial charge in [0.1, 0.15) is 0 Å². The Hall–Kier alpha value is -1.09. The Morgan fingerprint density at radius 2 is 2.25 bits per heavy atom. The van der Waals surface area contributed by atoms with Crippen LogP contribution in [0.3, 0.4) is 0 Å². The van der Waals surface area contributed by atoms with Crippen molar-refractivity contribution in [1.82, 2.24) is 0 Å². The van der Waals surface area contributed by atoms with Crippen molar-refractivity contribution in [2.45, 2.75) is 19.8 Å². The normalized spacial score (nSPS) is 15.2. The summed E-state index contributed by atoms with van der Waals surface area (Å²) in [6, 6.07) is 5.71. The third-order valence-corrected chi connectivity index (χ3v) is 3.10. The van der Waals surface area contributed by atoms with Gasteiger partial charge in [0, 0.05) is 10.0 Å². The molecule has 0 aliphatic carbocycles. The molecule has 1 aromatic rings. The van der Waals surface area contributed by atoms with Gasteiger partial charge in [-0.05, 0) is 43.5 Å². The Morgan fingerprint density at radius 3 is 2.94 bits per heavy atom. The Morgan fingerprint density at radius 1 is 1.44 bits per heavy atom. The summed E-state index contributed by atoms with van der Waals surface area (Å²) in [5.41, 5.74) is 1.69. The molecule has 0 fully saturated rings. The minimum absolute atomic E-state index is 0.0153. The second-order valence-corrected chi connectivity index (χ2v) is 4.76. The van der Waals surface area contributed by atoms with E-state index >= 15 is 0 Å². The summed E-state index contributed by atoms with van der Waals surface area (Å²) < 4.78 is 6.30. The highest BCUT2D eigenvalue weighted by molar-refractivity contribution is 9.10. The standard InChI is InChI=1S/C13H13BrO2/c1-9-5-6-10(14)8-11(9)13(15)12-4-2-3-7-16-12/h4-6,8H,2-3,7H2,1H3. The zero-order valence-corrected chi connectivity index (χ0v) is 10.7. The third-order valence-electron chi connectivity index (χ3n) is 2.60. The van der Waals surface area contributed by atoms with E-state index in [1.54, 1.807) is 0 Å². The molecule has 0 aromatic heterocycles. The summed E-state index contributed by atoms with van der Waals surface area (Å²) in [6.07, 6.45) is 3.80. The molecule has 0 amide bonds. The molecule has 3 heteroatoms. The summed E-state index contributed by atoms with van der Waals surface area (Å²) in [6.45, 7) is 2.58. The van der Waals surface area contributed by atoms with Crippen molar-refractivity contribution in [1.29, 1.82) is 0 Å². The topological polar surface area (TPSA) is 26.3 Å². The number of carbonyl (C=O) groups is 1. The molecule has 1 heterocycles. The zero-order chi connectivity index (χ0) is 11.5. The molecule has 0 spiro atoms. The van der Waals surface area contributed by atoms with Crippen molar-refractivity contribution in [3.05, 3.63) is 45.6 Å². The van der Waals surface area contributed by atoms with Crippen molar-refractivity contribution >= 4 is 21.7 Å². The third kappa shape index (κ3) is 2.35. The number of hydrogen-bond acceptors (Lipinski definition) is 2. The van der Waals surface area contributed by atoms with Gasteiger partial charge in [0.2, 0.25) is 5.78 Å². The Balaban J connectivity index is 2.33. The van der Waals surface area contributed by atoms with Gasteiger partial charge in [-0.1, -0.05) is 22.0 Å². The predicted molar refractivity (Wildman–Crippen MR) is 66.5 cm³/mol. The number of rotatable bonds is 2. The fourth-order valence-corrected chi connectivity index (χ4v) is 2.05. The number of Topliss-reactive ketones (excluding diaryl/α,β-unsaturated/α-hetero) is 1. The van der Waals surface area contributed by atoms with E-state index in [1.807, 2.05) is 31.2 Å². The molecule has 0 saturated carbocycles. The molecule has 0 saturated heterocycles. The van der Waals surface area contributed by atoms with Crippen LogP contribution in [0.1, 0.15) is 28.8 Å². The molecular formula is C13H13BrO2. The molecule has 2 nitrogen and oxygen atoms in total. The fraction of sp³-hybridized carbons (Fsp3) is 0.308. The van der Waals surface area contributed by atoms with E-state index in [2.05, 4.69) is 15.9 Å². The van der Waals surface area contributed by atoms with Gasteiger partial charge >= 0.3 is 0 Å². The smallest absolute Gasteiger partial charge is 0.227 e. The number of hydrogen-bond donors (Lipinski definition) is 0. The number of halogens is 1. The largest absolute Gasteiger partial charge is 0.490 e. The van der Waals surface area contributed by atoms with Crippen molar-refractivity contribution in [2.24, 2.45) is 0 Å². The Kier molecular flexibility index (Phi) is 3.44. The molecule has 0 N–H and O–H groups in total. The van der Waals surface area contributed by atoms with Crippen LogP contribution in [-0.2, 0) is 4.74 Å². The molecule has 1 aromatic carbocycles. The lowest BCUT2D eigenvalue weighted by molar-refractivity contribution is 0.0898. The molecule has 1 aliphatic rings. The first-order chi connectivity index (χ1) is 7.68. The first-order valence-electron chi connectivity index (χ1n) is 5.32. The summed E-state index contributed by atoms with van der Waals surface area (Å²) in [5.74, 6) is 0.478. The average Bonchev–Trinajstić information content (AvgIpc) is 2.32. The molecule has 1 aliphatic heterocycles. The number of ether oxygens (including phenoxy) is 1. The maximum absolute atomic E-state index is 12.2. The number of aryl methyl sites for hydroxylation is 1. The first-order valence-corrected chi connectivity index (χ1v) is 6.11. The summed E-state index contributed by atoms with van der Waals surface area (Å²) in [7, 11) is 0. The van der Waals surface area contributed by atoms with Gasteiger partial charge < -0.3 is 4.74 Å². The number of benzene rings is 1. The van der Waals surface area contributed by atoms with Gasteiger partial charge in [-0.2, -0.15) is 0 Å². The van der Waals surface area contributed by atoms with Crippen LogP contribution < -0.4 is 0 Å². The quantitative estimate of drug-likeness (QED) is 0.774. The highest BCUT2D eigenvalue weighted by atomic mass is 79.9. The highest BCUT2D eigenvalue weighted by Crippen LogP contribution is 2.21. The minimum Gasteiger partial charge on any atom is -0.490 e. The lowest BCUT2D eigenvalue weighted by Crippen LogP contribution is -2.12. The second-order valence-electron chi connectivity index (χ2n) is 3.85. The summed E-state index contributed by atoms with van der Waals surface area (Å²) in [4.78, 5) is 12.2. The van der Waals surface area contributed by atoms with Crippen LogP contribution in [0.25, 0.3) is 0 Å². The Bertz CT molecular complexity index is 449. The molecule has 2 rings (SSSR count). The minimum atomic E-state index is -0.0153. The van der Waals surface area contributed by atoms with Crippen molar-refractivity contribution in [3.8, 4) is 0 Å². The van der Waals surface area contributed by atoms with E-state index in [1.165, 1.54) is 0 Å². The van der Waals surface area contributed by atoms with E-state index < -0.39 is 0 Å². The van der Waals surface area contributed by atoms with E-state index in [0.717, 1.165) is 22.9 Å². The van der Waals surface area contributed by atoms with Crippen molar-refractivity contribution in [2.75, 3.05) is 6.61 Å². The van der Waals surface area contributed by atoms with Gasteiger partial charge in [-0.15, -0.1) is 0 Å². The summed E-state index contributed by atoms with van der Waals surface area (Å²) in [5, 5.41) is 0. The van der Waals surface area contributed by atoms with Crippen LogP contribution in [-0.4, -0.2) is 12.4 Å². The lowest BCUT2D eigenvalue weighted by atomic mass is 10.0. The Labute approximate surface area is 103 Å². The number of carbonyl (C=O) groups excluding carboxylic acids is 1. The van der Waals surface area contributed by atoms with E-state index in [4.69, 9.17) is 4.74 Å². The van der Waals surface area contributed by atoms with Gasteiger partial charge in [0.15, 0.2) is 5.76 Å². The summed E-state index contributed by atoms with van der Waals surface area (Å²) >= 11 is 3.38. The number of ketones is 1. The molecule has 84 valence electrons. The molecule has 0 bridgehead atoms. The van der Waals surface area contributed by atoms with Crippen molar-refractivity contribution in [3.63, 3.8) is 0 Å². The number of allylic oxidation sites excluding steroid dienone is 2. The van der Waals surface area contributed by atoms with Crippen LogP contribution in [0.15, 0.2) is 34.5 Å². The maximum Gasteiger partial charge on any atom is 0.227 e. The van der Waals surface area contributed by atoms with Gasteiger partial charge in [0.25, 0.3) is 0 Å². The first kappa shape index (κ1) is 11.4. The van der Waals surface area contributed by atoms with E-state index in [0.29, 0.717) is 17.9 Å². The van der Waals surface area contributed by atoms with Gasteiger partial charge in [-0.25, -0.2) is 0 Å².